The van der Waals surface area contributed by atoms with Crippen LogP contribution in [0.4, 0.5) is 0 Å². The lowest BCUT2D eigenvalue weighted by Gasteiger charge is -2.15. The van der Waals surface area contributed by atoms with Gasteiger partial charge in [-0.2, -0.15) is 0 Å². The molecule has 3 rings (SSSR count). The molecule has 1 heterocycles. The third-order valence-electron chi connectivity index (χ3n) is 4.14. The Labute approximate surface area is 172 Å². The minimum absolute atomic E-state index is 0.171. The van der Waals surface area contributed by atoms with Gasteiger partial charge in [-0.25, -0.2) is 0 Å². The van der Waals surface area contributed by atoms with Gasteiger partial charge in [0, 0.05) is 10.6 Å². The summed E-state index contributed by atoms with van der Waals surface area (Å²) in [6, 6.07) is 11.3. The molecule has 0 aliphatic carbocycles. The van der Waals surface area contributed by atoms with Gasteiger partial charge in [-0.1, -0.05) is 17.7 Å². The molecule has 0 saturated heterocycles. The first kappa shape index (κ1) is 20.5. The number of halogens is 1. The molecule has 0 unspecified atom stereocenters. The molecule has 0 radical (unpaired) electrons. The maximum Gasteiger partial charge on any atom is 0.325 e. The Balaban J connectivity index is 1.40. The highest BCUT2D eigenvalue weighted by atomic mass is 35.5. The second-order valence-electron chi connectivity index (χ2n) is 6.25. The van der Waals surface area contributed by atoms with Crippen LogP contribution in [0.2, 0.25) is 5.02 Å². The maximum atomic E-state index is 12.0. The normalized spacial score (nSPS) is 12.8. The standard InChI is InChI=1S/C20H19ClN2O6/c1-12(14-4-7-16-17(8-14)29-11-28-16)23-18(24)10-27-19(25)9-22-20(26)13-2-5-15(21)6-3-13/h2-8,12H,9-11H2,1H3,(H,22,26)(H,23,24)/t12-/m0/s1. The minimum Gasteiger partial charge on any atom is -0.454 e. The number of carbonyl (C=O) groups excluding carboxylic acids is 3. The van der Waals surface area contributed by atoms with Crippen LogP contribution in [0.25, 0.3) is 0 Å². The van der Waals surface area contributed by atoms with Gasteiger partial charge in [0.25, 0.3) is 11.8 Å². The number of hydrogen-bond acceptors (Lipinski definition) is 6. The highest BCUT2D eigenvalue weighted by molar-refractivity contribution is 6.30. The third-order valence-corrected chi connectivity index (χ3v) is 4.39. The fraction of sp³-hybridized carbons (Fsp3) is 0.250. The fourth-order valence-electron chi connectivity index (χ4n) is 2.60. The van der Waals surface area contributed by atoms with E-state index in [-0.39, 0.29) is 19.4 Å². The van der Waals surface area contributed by atoms with Crippen molar-refractivity contribution in [2.24, 2.45) is 0 Å². The van der Waals surface area contributed by atoms with Gasteiger partial charge in [-0.05, 0) is 48.9 Å². The summed E-state index contributed by atoms with van der Waals surface area (Å²) in [6.45, 7) is 1.16. The first-order valence-corrected chi connectivity index (χ1v) is 9.18. The molecule has 1 atom stereocenters. The molecule has 0 saturated carbocycles. The second kappa shape index (κ2) is 9.29. The first-order valence-electron chi connectivity index (χ1n) is 8.80. The summed E-state index contributed by atoms with van der Waals surface area (Å²) in [6.07, 6.45) is 0. The Hall–Kier alpha value is -3.26. The van der Waals surface area contributed by atoms with Crippen LogP contribution < -0.4 is 20.1 Å². The molecular formula is C20H19ClN2O6. The van der Waals surface area contributed by atoms with Crippen molar-refractivity contribution in [3.05, 3.63) is 58.6 Å². The van der Waals surface area contributed by atoms with Gasteiger partial charge in [0.1, 0.15) is 6.54 Å². The lowest BCUT2D eigenvalue weighted by atomic mass is 10.1. The molecule has 152 valence electrons. The zero-order chi connectivity index (χ0) is 20.8. The van der Waals surface area contributed by atoms with Gasteiger partial charge in [0.15, 0.2) is 18.1 Å². The quantitative estimate of drug-likeness (QED) is 0.668. The molecule has 8 nitrogen and oxygen atoms in total. The van der Waals surface area contributed by atoms with Crippen molar-refractivity contribution in [2.75, 3.05) is 19.9 Å². The Morgan fingerprint density at radius 2 is 1.83 bits per heavy atom. The van der Waals surface area contributed by atoms with E-state index >= 15 is 0 Å². The van der Waals surface area contributed by atoms with E-state index in [0.717, 1.165) is 5.56 Å². The number of esters is 1. The van der Waals surface area contributed by atoms with Crippen molar-refractivity contribution in [3.8, 4) is 11.5 Å². The SMILES string of the molecule is C[C@H](NC(=O)COC(=O)CNC(=O)c1ccc(Cl)cc1)c1ccc2c(c1)OCO2. The van der Waals surface area contributed by atoms with Gasteiger partial charge in [-0.3, -0.25) is 14.4 Å². The summed E-state index contributed by atoms with van der Waals surface area (Å²) in [5.74, 6) is -0.362. The van der Waals surface area contributed by atoms with Crippen molar-refractivity contribution >= 4 is 29.4 Å². The fourth-order valence-corrected chi connectivity index (χ4v) is 2.73. The van der Waals surface area contributed by atoms with Crippen molar-refractivity contribution in [1.82, 2.24) is 10.6 Å². The predicted octanol–water partition coefficient (Wildman–Crippen LogP) is 2.22. The number of carbonyl (C=O) groups is 3. The van der Waals surface area contributed by atoms with E-state index in [2.05, 4.69) is 10.6 Å². The van der Waals surface area contributed by atoms with Crippen LogP contribution in [-0.4, -0.2) is 37.7 Å². The largest absolute Gasteiger partial charge is 0.454 e. The topological polar surface area (TPSA) is 103 Å². The molecule has 0 aromatic heterocycles. The molecule has 1 aliphatic heterocycles. The second-order valence-corrected chi connectivity index (χ2v) is 6.69. The van der Waals surface area contributed by atoms with Crippen LogP contribution in [0.1, 0.15) is 28.9 Å². The van der Waals surface area contributed by atoms with E-state index in [9.17, 15) is 14.4 Å². The molecule has 9 heteroatoms. The lowest BCUT2D eigenvalue weighted by molar-refractivity contribution is -0.147. The van der Waals surface area contributed by atoms with Crippen LogP contribution in [0.5, 0.6) is 11.5 Å². The van der Waals surface area contributed by atoms with Gasteiger partial charge in [-0.15, -0.1) is 0 Å². The molecule has 29 heavy (non-hydrogen) atoms. The summed E-state index contributed by atoms with van der Waals surface area (Å²) >= 11 is 5.76. The average Bonchev–Trinajstić information content (AvgIpc) is 3.18. The van der Waals surface area contributed by atoms with Crippen LogP contribution in [0.15, 0.2) is 42.5 Å². The monoisotopic (exact) mass is 418 g/mol. The number of nitrogens with one attached hydrogen (secondary N) is 2. The van der Waals surface area contributed by atoms with Crippen molar-refractivity contribution in [1.29, 1.82) is 0 Å². The molecule has 0 bridgehead atoms. The van der Waals surface area contributed by atoms with Gasteiger partial charge < -0.3 is 24.8 Å². The van der Waals surface area contributed by atoms with Crippen LogP contribution >= 0.6 is 11.6 Å². The zero-order valence-corrected chi connectivity index (χ0v) is 16.3. The summed E-state index contributed by atoms with van der Waals surface area (Å²) in [5.41, 5.74) is 1.18. The summed E-state index contributed by atoms with van der Waals surface area (Å²) in [4.78, 5) is 35.7. The predicted molar refractivity (Wildman–Crippen MR) is 104 cm³/mol. The highest BCUT2D eigenvalue weighted by Gasteiger charge is 2.17. The third kappa shape index (κ3) is 5.61. The Bertz CT molecular complexity index is 916. The van der Waals surface area contributed by atoms with Crippen LogP contribution in [-0.2, 0) is 14.3 Å². The Morgan fingerprint density at radius 3 is 2.59 bits per heavy atom. The Kier molecular flexibility index (Phi) is 6.56. The van der Waals surface area contributed by atoms with Crippen molar-refractivity contribution in [3.63, 3.8) is 0 Å². The molecule has 1 aliphatic rings. The van der Waals surface area contributed by atoms with E-state index in [0.29, 0.717) is 22.1 Å². The van der Waals surface area contributed by atoms with E-state index in [1.54, 1.807) is 31.2 Å². The molecule has 2 N–H and O–H groups in total. The van der Waals surface area contributed by atoms with Crippen LogP contribution in [0, 0.1) is 0 Å². The number of benzene rings is 2. The van der Waals surface area contributed by atoms with Gasteiger partial charge in [0.05, 0.1) is 6.04 Å². The molecule has 2 aromatic carbocycles. The highest BCUT2D eigenvalue weighted by Crippen LogP contribution is 2.34. The lowest BCUT2D eigenvalue weighted by Crippen LogP contribution is -2.34. The molecule has 2 amide bonds. The smallest absolute Gasteiger partial charge is 0.325 e. The maximum absolute atomic E-state index is 12.0. The minimum atomic E-state index is -0.724. The number of amides is 2. The average molecular weight is 419 g/mol. The van der Waals surface area contributed by atoms with E-state index < -0.39 is 24.4 Å². The molecule has 0 fully saturated rings. The number of fused-ring (bicyclic) bond motifs is 1. The van der Waals surface area contributed by atoms with E-state index in [4.69, 9.17) is 25.8 Å². The summed E-state index contributed by atoms with van der Waals surface area (Å²) in [5, 5.41) is 5.65. The Morgan fingerprint density at radius 1 is 1.10 bits per heavy atom. The zero-order valence-electron chi connectivity index (χ0n) is 15.6. The molecular weight excluding hydrogens is 400 g/mol. The van der Waals surface area contributed by atoms with E-state index in [1.807, 2.05) is 6.07 Å². The summed E-state index contributed by atoms with van der Waals surface area (Å²) in [7, 11) is 0. The number of rotatable bonds is 7. The molecule has 0 spiro atoms. The van der Waals surface area contributed by atoms with E-state index in [1.165, 1.54) is 12.1 Å². The summed E-state index contributed by atoms with van der Waals surface area (Å²) < 4.78 is 15.4. The van der Waals surface area contributed by atoms with Gasteiger partial charge >= 0.3 is 5.97 Å². The number of ether oxygens (including phenoxy) is 3. The van der Waals surface area contributed by atoms with Crippen molar-refractivity contribution < 1.29 is 28.6 Å². The van der Waals surface area contributed by atoms with Crippen molar-refractivity contribution in [2.45, 2.75) is 13.0 Å². The van der Waals surface area contributed by atoms with Gasteiger partial charge in [0.2, 0.25) is 6.79 Å². The van der Waals surface area contributed by atoms with Crippen LogP contribution in [0.3, 0.4) is 0 Å². The number of hydrogen-bond donors (Lipinski definition) is 2. The first-order chi connectivity index (χ1) is 13.9. The molecule has 2 aromatic rings.